The first-order valence-corrected chi connectivity index (χ1v) is 7.71. The van der Waals surface area contributed by atoms with Gasteiger partial charge in [-0.3, -0.25) is 4.79 Å². The molecule has 1 rings (SSSR count). The standard InChI is InChI=1S/C17H24FNO3/c1-3-4-8-15(17(21)22)19-16(20)12(2)9-10-13-6-5-7-14(18)11-13/h5-7,11-12,15H,3-4,8-10H2,1-2H3,(H,19,20)(H,21,22). The van der Waals surface area contributed by atoms with Crippen molar-refractivity contribution in [3.8, 4) is 0 Å². The first kappa shape index (κ1) is 18.1. The van der Waals surface area contributed by atoms with Crippen LogP contribution in [0.4, 0.5) is 4.39 Å². The van der Waals surface area contributed by atoms with E-state index in [1.165, 1.54) is 12.1 Å². The molecule has 0 aliphatic carbocycles. The van der Waals surface area contributed by atoms with Gasteiger partial charge in [0.1, 0.15) is 11.9 Å². The van der Waals surface area contributed by atoms with Gasteiger partial charge in [0.2, 0.25) is 5.91 Å². The average Bonchev–Trinajstić information content (AvgIpc) is 2.48. The molecule has 0 radical (unpaired) electrons. The summed E-state index contributed by atoms with van der Waals surface area (Å²) in [6.45, 7) is 3.73. The van der Waals surface area contributed by atoms with Gasteiger partial charge in [0, 0.05) is 5.92 Å². The molecule has 0 saturated heterocycles. The second kappa shape index (κ2) is 9.18. The van der Waals surface area contributed by atoms with Crippen LogP contribution in [0.25, 0.3) is 0 Å². The molecule has 0 heterocycles. The highest BCUT2D eigenvalue weighted by Gasteiger charge is 2.22. The van der Waals surface area contributed by atoms with Crippen LogP contribution in [0.3, 0.4) is 0 Å². The van der Waals surface area contributed by atoms with Crippen molar-refractivity contribution < 1.29 is 19.1 Å². The maximum Gasteiger partial charge on any atom is 0.326 e. The van der Waals surface area contributed by atoms with Gasteiger partial charge in [-0.2, -0.15) is 0 Å². The Labute approximate surface area is 130 Å². The van der Waals surface area contributed by atoms with Crippen molar-refractivity contribution >= 4 is 11.9 Å². The van der Waals surface area contributed by atoms with Gasteiger partial charge in [-0.05, 0) is 37.0 Å². The van der Waals surface area contributed by atoms with Gasteiger partial charge in [0.25, 0.3) is 0 Å². The van der Waals surface area contributed by atoms with E-state index in [0.717, 1.165) is 18.4 Å². The van der Waals surface area contributed by atoms with E-state index in [2.05, 4.69) is 5.32 Å². The van der Waals surface area contributed by atoms with Crippen LogP contribution in [0.2, 0.25) is 0 Å². The Hall–Kier alpha value is -1.91. The zero-order valence-corrected chi connectivity index (χ0v) is 13.1. The van der Waals surface area contributed by atoms with E-state index in [1.807, 2.05) is 13.0 Å². The van der Waals surface area contributed by atoms with Gasteiger partial charge in [0.05, 0.1) is 0 Å². The SMILES string of the molecule is CCCCC(NC(=O)C(C)CCc1cccc(F)c1)C(=O)O. The van der Waals surface area contributed by atoms with Gasteiger partial charge in [-0.1, -0.05) is 38.8 Å². The van der Waals surface area contributed by atoms with Crippen LogP contribution in [0, 0.1) is 11.7 Å². The van der Waals surface area contributed by atoms with Crippen LogP contribution in [-0.2, 0) is 16.0 Å². The lowest BCUT2D eigenvalue weighted by molar-refractivity contribution is -0.142. The van der Waals surface area contributed by atoms with E-state index in [1.54, 1.807) is 13.0 Å². The molecule has 0 saturated carbocycles. The number of carbonyl (C=O) groups excluding carboxylic acids is 1. The summed E-state index contributed by atoms with van der Waals surface area (Å²) < 4.78 is 13.1. The van der Waals surface area contributed by atoms with Crippen molar-refractivity contribution in [2.45, 2.75) is 52.0 Å². The predicted molar refractivity (Wildman–Crippen MR) is 83.0 cm³/mol. The molecule has 0 aliphatic rings. The lowest BCUT2D eigenvalue weighted by atomic mass is 9.99. The zero-order valence-electron chi connectivity index (χ0n) is 13.1. The number of unbranched alkanes of at least 4 members (excludes halogenated alkanes) is 1. The predicted octanol–water partition coefficient (Wildman–Crippen LogP) is 3.15. The number of halogens is 1. The van der Waals surface area contributed by atoms with Crippen LogP contribution in [-0.4, -0.2) is 23.0 Å². The number of hydrogen-bond acceptors (Lipinski definition) is 2. The quantitative estimate of drug-likeness (QED) is 0.736. The molecule has 0 aliphatic heterocycles. The lowest BCUT2D eigenvalue weighted by Crippen LogP contribution is -2.43. The van der Waals surface area contributed by atoms with Crippen LogP contribution >= 0.6 is 0 Å². The minimum atomic E-state index is -1.00. The molecule has 5 heteroatoms. The van der Waals surface area contributed by atoms with Gasteiger partial charge in [-0.25, -0.2) is 9.18 Å². The summed E-state index contributed by atoms with van der Waals surface area (Å²) in [6.07, 6.45) is 3.21. The maximum atomic E-state index is 13.1. The maximum absolute atomic E-state index is 13.1. The highest BCUT2D eigenvalue weighted by Crippen LogP contribution is 2.12. The van der Waals surface area contributed by atoms with Crippen molar-refractivity contribution in [1.29, 1.82) is 0 Å². The topological polar surface area (TPSA) is 66.4 Å². The number of amides is 1. The molecule has 0 fully saturated rings. The molecule has 0 aromatic heterocycles. The molecule has 2 N–H and O–H groups in total. The molecule has 22 heavy (non-hydrogen) atoms. The summed E-state index contributed by atoms with van der Waals surface area (Å²) in [6, 6.07) is 5.45. The lowest BCUT2D eigenvalue weighted by Gasteiger charge is -2.17. The Morgan fingerprint density at radius 1 is 1.32 bits per heavy atom. The van der Waals surface area contributed by atoms with Crippen LogP contribution in [0.15, 0.2) is 24.3 Å². The highest BCUT2D eigenvalue weighted by atomic mass is 19.1. The van der Waals surface area contributed by atoms with E-state index in [0.29, 0.717) is 19.3 Å². The molecule has 122 valence electrons. The first-order valence-electron chi connectivity index (χ1n) is 7.71. The number of rotatable bonds is 9. The van der Waals surface area contributed by atoms with E-state index in [4.69, 9.17) is 5.11 Å². The summed E-state index contributed by atoms with van der Waals surface area (Å²) in [4.78, 5) is 23.2. The number of carboxylic acids is 1. The third-order valence-corrected chi connectivity index (χ3v) is 3.66. The number of nitrogens with one attached hydrogen (secondary N) is 1. The number of aliphatic carboxylic acids is 1. The Balaban J connectivity index is 2.48. The molecule has 1 aromatic carbocycles. The Morgan fingerprint density at radius 3 is 2.64 bits per heavy atom. The summed E-state index contributed by atoms with van der Waals surface area (Å²) in [5.41, 5.74) is 0.834. The number of aryl methyl sites for hydroxylation is 1. The number of hydrogen-bond donors (Lipinski definition) is 2. The van der Waals surface area contributed by atoms with E-state index in [9.17, 15) is 14.0 Å². The number of carboxylic acid groups (broad SMARTS) is 1. The molecular formula is C17H24FNO3. The largest absolute Gasteiger partial charge is 0.480 e. The molecule has 4 nitrogen and oxygen atoms in total. The minimum Gasteiger partial charge on any atom is -0.480 e. The fourth-order valence-corrected chi connectivity index (χ4v) is 2.19. The van der Waals surface area contributed by atoms with E-state index in [-0.39, 0.29) is 17.6 Å². The highest BCUT2D eigenvalue weighted by molar-refractivity contribution is 5.84. The van der Waals surface area contributed by atoms with Crippen molar-refractivity contribution in [3.63, 3.8) is 0 Å². The monoisotopic (exact) mass is 309 g/mol. The third kappa shape index (κ3) is 6.24. The van der Waals surface area contributed by atoms with Gasteiger partial charge >= 0.3 is 5.97 Å². The number of carbonyl (C=O) groups is 2. The molecule has 0 spiro atoms. The molecule has 2 unspecified atom stereocenters. The molecule has 2 atom stereocenters. The fraction of sp³-hybridized carbons (Fsp3) is 0.529. The second-order valence-electron chi connectivity index (χ2n) is 5.61. The molecule has 0 bridgehead atoms. The van der Waals surface area contributed by atoms with E-state index >= 15 is 0 Å². The summed E-state index contributed by atoms with van der Waals surface area (Å²) >= 11 is 0. The van der Waals surface area contributed by atoms with Crippen LogP contribution < -0.4 is 5.32 Å². The van der Waals surface area contributed by atoms with Gasteiger partial charge < -0.3 is 10.4 Å². The summed E-state index contributed by atoms with van der Waals surface area (Å²) in [5.74, 6) is -1.87. The number of benzene rings is 1. The Morgan fingerprint density at radius 2 is 2.05 bits per heavy atom. The first-order chi connectivity index (χ1) is 10.4. The smallest absolute Gasteiger partial charge is 0.326 e. The second-order valence-corrected chi connectivity index (χ2v) is 5.61. The normalized spacial score (nSPS) is 13.4. The minimum absolute atomic E-state index is 0.264. The van der Waals surface area contributed by atoms with Crippen molar-refractivity contribution in [3.05, 3.63) is 35.6 Å². The van der Waals surface area contributed by atoms with E-state index < -0.39 is 12.0 Å². The molecular weight excluding hydrogens is 285 g/mol. The Kier molecular flexibility index (Phi) is 7.57. The Bertz CT molecular complexity index is 504. The van der Waals surface area contributed by atoms with Crippen molar-refractivity contribution in [2.24, 2.45) is 5.92 Å². The average molecular weight is 309 g/mol. The summed E-state index contributed by atoms with van der Waals surface area (Å²) in [7, 11) is 0. The van der Waals surface area contributed by atoms with Crippen LogP contribution in [0.1, 0.15) is 45.1 Å². The van der Waals surface area contributed by atoms with Crippen molar-refractivity contribution in [1.82, 2.24) is 5.32 Å². The zero-order chi connectivity index (χ0) is 16.5. The van der Waals surface area contributed by atoms with Gasteiger partial charge in [-0.15, -0.1) is 0 Å². The molecule has 1 amide bonds. The third-order valence-electron chi connectivity index (χ3n) is 3.66. The summed E-state index contributed by atoms with van der Waals surface area (Å²) in [5, 5.41) is 11.7. The fourth-order valence-electron chi connectivity index (χ4n) is 2.19. The van der Waals surface area contributed by atoms with Gasteiger partial charge in [0.15, 0.2) is 0 Å². The molecule has 1 aromatic rings. The van der Waals surface area contributed by atoms with Crippen molar-refractivity contribution in [2.75, 3.05) is 0 Å². The van der Waals surface area contributed by atoms with Crippen LogP contribution in [0.5, 0.6) is 0 Å².